The fourth-order valence-electron chi connectivity index (χ4n) is 2.54. The number of hydrogen-bond acceptors (Lipinski definition) is 4. The summed E-state index contributed by atoms with van der Waals surface area (Å²) >= 11 is 3.44. The molecule has 0 spiro atoms. The maximum atomic E-state index is 11.1. The molecule has 5 nitrogen and oxygen atoms in total. The van der Waals surface area contributed by atoms with Gasteiger partial charge in [-0.15, -0.1) is 0 Å². The molecule has 20 heavy (non-hydrogen) atoms. The molecule has 0 N–H and O–H groups in total. The highest BCUT2D eigenvalue weighted by Crippen LogP contribution is 2.28. The Morgan fingerprint density at radius 3 is 2.50 bits per heavy atom. The number of benzene rings is 1. The lowest BCUT2D eigenvalue weighted by atomic mass is 10.1. The molecule has 0 radical (unpaired) electrons. The van der Waals surface area contributed by atoms with E-state index in [0.29, 0.717) is 12.6 Å². The van der Waals surface area contributed by atoms with Crippen molar-refractivity contribution in [2.45, 2.75) is 26.4 Å². The third-order valence-corrected chi connectivity index (χ3v) is 4.55. The van der Waals surface area contributed by atoms with Gasteiger partial charge >= 0.3 is 0 Å². The van der Waals surface area contributed by atoms with Crippen molar-refractivity contribution < 1.29 is 4.92 Å². The Hall–Kier alpha value is -0.980. The van der Waals surface area contributed by atoms with Crippen LogP contribution in [-0.4, -0.2) is 46.9 Å². The van der Waals surface area contributed by atoms with Crippen LogP contribution in [0.3, 0.4) is 0 Å². The second kappa shape index (κ2) is 6.65. The smallest absolute Gasteiger partial charge is 0.275 e. The van der Waals surface area contributed by atoms with Gasteiger partial charge in [0.15, 0.2) is 0 Å². The number of nitrogens with zero attached hydrogens (tertiary/aromatic N) is 3. The number of nitro groups is 1. The van der Waals surface area contributed by atoms with Crippen molar-refractivity contribution in [2.75, 3.05) is 26.2 Å². The first-order valence-corrected chi connectivity index (χ1v) is 7.66. The minimum absolute atomic E-state index is 0.200. The maximum absolute atomic E-state index is 11.1. The summed E-state index contributed by atoms with van der Waals surface area (Å²) in [7, 11) is 0. The number of piperazine rings is 1. The van der Waals surface area contributed by atoms with E-state index in [9.17, 15) is 10.1 Å². The third kappa shape index (κ3) is 3.56. The van der Waals surface area contributed by atoms with E-state index in [1.54, 1.807) is 12.1 Å². The molecule has 1 aromatic carbocycles. The molecule has 0 amide bonds. The first kappa shape index (κ1) is 15.4. The minimum atomic E-state index is -0.301. The van der Waals surface area contributed by atoms with Gasteiger partial charge in [-0.25, -0.2) is 0 Å². The van der Waals surface area contributed by atoms with Crippen LogP contribution in [0.5, 0.6) is 0 Å². The van der Waals surface area contributed by atoms with Gasteiger partial charge in [-0.1, -0.05) is 22.0 Å². The molecule has 0 unspecified atom stereocenters. The standard InChI is InChI=1S/C14H20BrN3O2/c1-11(2)17-8-6-16(7-9-17)10-12-13(15)4-3-5-14(12)18(19)20/h3-5,11H,6-10H2,1-2H3. The summed E-state index contributed by atoms with van der Waals surface area (Å²) in [5.74, 6) is 0. The van der Waals surface area contributed by atoms with Gasteiger partial charge in [0, 0.05) is 49.3 Å². The van der Waals surface area contributed by atoms with Crippen molar-refractivity contribution >= 4 is 21.6 Å². The van der Waals surface area contributed by atoms with Crippen LogP contribution >= 0.6 is 15.9 Å². The number of nitro benzene ring substituents is 1. The molecule has 0 aromatic heterocycles. The van der Waals surface area contributed by atoms with Crippen LogP contribution in [0.4, 0.5) is 5.69 Å². The molecule has 1 aliphatic heterocycles. The van der Waals surface area contributed by atoms with Gasteiger partial charge in [-0.2, -0.15) is 0 Å². The summed E-state index contributed by atoms with van der Waals surface area (Å²) in [5, 5.41) is 11.1. The second-order valence-corrected chi connectivity index (χ2v) is 6.25. The fourth-order valence-corrected chi connectivity index (χ4v) is 3.02. The summed E-state index contributed by atoms with van der Waals surface area (Å²) < 4.78 is 0.818. The molecule has 1 saturated heterocycles. The molecule has 0 saturated carbocycles. The summed E-state index contributed by atoms with van der Waals surface area (Å²) in [6.07, 6.45) is 0. The Morgan fingerprint density at radius 2 is 1.95 bits per heavy atom. The predicted octanol–water partition coefficient (Wildman–Crippen LogP) is 2.88. The van der Waals surface area contributed by atoms with Crippen molar-refractivity contribution in [1.82, 2.24) is 9.80 Å². The van der Waals surface area contributed by atoms with E-state index < -0.39 is 0 Å². The highest BCUT2D eigenvalue weighted by Gasteiger charge is 2.23. The van der Waals surface area contributed by atoms with E-state index in [1.807, 2.05) is 6.07 Å². The lowest BCUT2D eigenvalue weighted by Crippen LogP contribution is -2.48. The van der Waals surface area contributed by atoms with Crippen LogP contribution in [0.15, 0.2) is 22.7 Å². The average Bonchev–Trinajstić information content (AvgIpc) is 2.41. The molecule has 6 heteroatoms. The maximum Gasteiger partial charge on any atom is 0.275 e. The van der Waals surface area contributed by atoms with Crippen LogP contribution in [0.1, 0.15) is 19.4 Å². The Bertz CT molecular complexity index is 485. The number of rotatable bonds is 4. The molecular formula is C14H20BrN3O2. The first-order valence-electron chi connectivity index (χ1n) is 6.87. The van der Waals surface area contributed by atoms with Crippen LogP contribution in [0.25, 0.3) is 0 Å². The molecule has 1 heterocycles. The molecule has 0 atom stereocenters. The van der Waals surface area contributed by atoms with Gasteiger partial charge < -0.3 is 0 Å². The minimum Gasteiger partial charge on any atom is -0.298 e. The Morgan fingerprint density at radius 1 is 1.30 bits per heavy atom. The zero-order valence-electron chi connectivity index (χ0n) is 11.9. The van der Waals surface area contributed by atoms with Crippen molar-refractivity contribution in [3.63, 3.8) is 0 Å². The van der Waals surface area contributed by atoms with Gasteiger partial charge in [-0.3, -0.25) is 19.9 Å². The van der Waals surface area contributed by atoms with Crippen molar-refractivity contribution in [1.29, 1.82) is 0 Å². The molecule has 2 rings (SSSR count). The van der Waals surface area contributed by atoms with Crippen molar-refractivity contribution in [3.05, 3.63) is 38.3 Å². The Labute approximate surface area is 127 Å². The molecule has 1 fully saturated rings. The zero-order chi connectivity index (χ0) is 14.7. The monoisotopic (exact) mass is 341 g/mol. The van der Waals surface area contributed by atoms with Crippen LogP contribution in [0, 0.1) is 10.1 Å². The Balaban J connectivity index is 2.06. The van der Waals surface area contributed by atoms with E-state index in [4.69, 9.17) is 0 Å². The molecular weight excluding hydrogens is 322 g/mol. The van der Waals surface area contributed by atoms with E-state index in [2.05, 4.69) is 39.6 Å². The average molecular weight is 342 g/mol. The number of halogens is 1. The van der Waals surface area contributed by atoms with Gasteiger partial charge in [0.05, 0.1) is 10.5 Å². The molecule has 1 aliphatic rings. The molecule has 0 aliphatic carbocycles. The lowest BCUT2D eigenvalue weighted by molar-refractivity contribution is -0.385. The second-order valence-electron chi connectivity index (χ2n) is 5.40. The van der Waals surface area contributed by atoms with Crippen molar-refractivity contribution in [2.24, 2.45) is 0 Å². The lowest BCUT2D eigenvalue weighted by Gasteiger charge is -2.36. The largest absolute Gasteiger partial charge is 0.298 e. The van der Waals surface area contributed by atoms with Gasteiger partial charge in [0.25, 0.3) is 5.69 Å². The molecule has 110 valence electrons. The first-order chi connectivity index (χ1) is 9.49. The summed E-state index contributed by atoms with van der Waals surface area (Å²) in [5.41, 5.74) is 0.973. The van der Waals surface area contributed by atoms with E-state index in [0.717, 1.165) is 36.2 Å². The third-order valence-electron chi connectivity index (χ3n) is 3.81. The summed E-state index contributed by atoms with van der Waals surface area (Å²) in [4.78, 5) is 15.5. The fraction of sp³-hybridized carbons (Fsp3) is 0.571. The van der Waals surface area contributed by atoms with Crippen LogP contribution < -0.4 is 0 Å². The molecule has 0 bridgehead atoms. The highest BCUT2D eigenvalue weighted by molar-refractivity contribution is 9.10. The summed E-state index contributed by atoms with van der Waals surface area (Å²) in [6.45, 7) is 8.99. The van der Waals surface area contributed by atoms with Crippen molar-refractivity contribution in [3.8, 4) is 0 Å². The van der Waals surface area contributed by atoms with E-state index in [1.165, 1.54) is 0 Å². The van der Waals surface area contributed by atoms with Gasteiger partial charge in [-0.05, 0) is 19.9 Å². The van der Waals surface area contributed by atoms with E-state index in [-0.39, 0.29) is 10.6 Å². The Kier molecular flexibility index (Phi) is 5.12. The van der Waals surface area contributed by atoms with Gasteiger partial charge in [0.1, 0.15) is 0 Å². The normalized spacial score (nSPS) is 17.6. The quantitative estimate of drug-likeness (QED) is 0.624. The van der Waals surface area contributed by atoms with Gasteiger partial charge in [0.2, 0.25) is 0 Å². The topological polar surface area (TPSA) is 49.6 Å². The number of hydrogen-bond donors (Lipinski definition) is 0. The summed E-state index contributed by atoms with van der Waals surface area (Å²) in [6, 6.07) is 5.72. The molecule has 1 aromatic rings. The predicted molar refractivity (Wildman–Crippen MR) is 82.8 cm³/mol. The van der Waals surface area contributed by atoms with Crippen LogP contribution in [-0.2, 0) is 6.54 Å². The van der Waals surface area contributed by atoms with E-state index >= 15 is 0 Å². The highest BCUT2D eigenvalue weighted by atomic mass is 79.9. The van der Waals surface area contributed by atoms with Crippen LogP contribution in [0.2, 0.25) is 0 Å². The zero-order valence-corrected chi connectivity index (χ0v) is 13.5. The SMILES string of the molecule is CC(C)N1CCN(Cc2c(Br)cccc2[N+](=O)[O-])CC1.